The molecule has 13 heavy (non-hydrogen) atoms. The Hall–Kier alpha value is -1.01. The lowest BCUT2D eigenvalue weighted by Crippen LogP contribution is -2.50. The zero-order valence-electron chi connectivity index (χ0n) is 6.99. The molecule has 2 N–H and O–H groups in total. The normalized spacial score (nSPS) is 16.6. The number of nitrogens with one attached hydrogen (secondary N) is 2. The molecule has 2 heterocycles. The van der Waals surface area contributed by atoms with E-state index in [2.05, 4.69) is 20.2 Å². The Bertz CT molecular complexity index is 283. The van der Waals surface area contributed by atoms with E-state index >= 15 is 0 Å². The minimum Gasteiger partial charge on any atom is -0.351 e. The van der Waals surface area contributed by atoms with Gasteiger partial charge in [-0.15, -0.1) is 5.10 Å². The van der Waals surface area contributed by atoms with Crippen molar-refractivity contribution in [2.24, 2.45) is 5.92 Å². The maximum absolute atomic E-state index is 11.3. The van der Waals surface area contributed by atoms with Crippen LogP contribution in [0.2, 0.25) is 0 Å². The molecule has 1 aromatic heterocycles. The Labute approximate surface area is 79.7 Å². The van der Waals surface area contributed by atoms with Crippen LogP contribution in [0, 0.1) is 5.92 Å². The molecule has 1 aromatic rings. The van der Waals surface area contributed by atoms with Crippen LogP contribution in [0.25, 0.3) is 0 Å². The summed E-state index contributed by atoms with van der Waals surface area (Å²) in [6, 6.07) is 0. The highest BCUT2D eigenvalue weighted by Crippen LogP contribution is 2.04. The number of hydrogen-bond acceptors (Lipinski definition) is 5. The molecule has 0 unspecified atom stereocenters. The summed E-state index contributed by atoms with van der Waals surface area (Å²) in [5.74, 6) is 0.271. The quantitative estimate of drug-likeness (QED) is 0.679. The van der Waals surface area contributed by atoms with E-state index in [9.17, 15) is 4.79 Å². The first-order valence-corrected chi connectivity index (χ1v) is 4.88. The van der Waals surface area contributed by atoms with Crippen molar-refractivity contribution in [1.82, 2.24) is 20.2 Å². The summed E-state index contributed by atoms with van der Waals surface area (Å²) < 4.78 is 3.71. The van der Waals surface area contributed by atoms with Gasteiger partial charge in [-0.25, -0.2) is 0 Å². The molecule has 70 valence electrons. The highest BCUT2D eigenvalue weighted by Gasteiger charge is 2.24. The number of carbonyl (C=O) groups excluding carboxylic acids is 1. The smallest absolute Gasteiger partial charge is 0.225 e. The van der Waals surface area contributed by atoms with Crippen molar-refractivity contribution in [2.75, 3.05) is 13.1 Å². The minimum absolute atomic E-state index is 0.118. The highest BCUT2D eigenvalue weighted by atomic mass is 32.1. The first-order valence-electron chi connectivity index (χ1n) is 4.11. The van der Waals surface area contributed by atoms with E-state index in [1.165, 1.54) is 11.5 Å². The fraction of sp³-hybridized carbons (Fsp3) is 0.571. The fourth-order valence-corrected chi connectivity index (χ4v) is 1.49. The molecular formula is C7H10N4OS. The summed E-state index contributed by atoms with van der Waals surface area (Å²) in [6.07, 6.45) is 1.67. The third-order valence-electron chi connectivity index (χ3n) is 2.00. The molecule has 1 fully saturated rings. The summed E-state index contributed by atoms with van der Waals surface area (Å²) >= 11 is 1.31. The van der Waals surface area contributed by atoms with Gasteiger partial charge in [0.25, 0.3) is 0 Å². The van der Waals surface area contributed by atoms with Gasteiger partial charge >= 0.3 is 0 Å². The predicted molar refractivity (Wildman–Crippen MR) is 48.1 cm³/mol. The summed E-state index contributed by atoms with van der Waals surface area (Å²) in [6.45, 7) is 2.15. The molecule has 0 aromatic carbocycles. The molecule has 1 aliphatic heterocycles. The van der Waals surface area contributed by atoms with Crippen molar-refractivity contribution in [3.8, 4) is 0 Å². The Morgan fingerprint density at radius 1 is 1.77 bits per heavy atom. The van der Waals surface area contributed by atoms with Gasteiger partial charge in [0, 0.05) is 13.1 Å². The maximum atomic E-state index is 11.3. The van der Waals surface area contributed by atoms with Crippen molar-refractivity contribution < 1.29 is 4.79 Å². The van der Waals surface area contributed by atoms with Crippen LogP contribution in [0.1, 0.15) is 4.88 Å². The summed E-state index contributed by atoms with van der Waals surface area (Å²) in [7, 11) is 0. The number of rotatable bonds is 3. The lowest BCUT2D eigenvalue weighted by Gasteiger charge is -2.25. The molecule has 6 heteroatoms. The fourth-order valence-electron chi connectivity index (χ4n) is 1.06. The van der Waals surface area contributed by atoms with Crippen molar-refractivity contribution in [3.05, 3.63) is 11.1 Å². The van der Waals surface area contributed by atoms with Gasteiger partial charge in [0.15, 0.2) is 0 Å². The van der Waals surface area contributed by atoms with Crippen LogP contribution in [0.4, 0.5) is 0 Å². The van der Waals surface area contributed by atoms with Gasteiger partial charge in [0.05, 0.1) is 23.5 Å². The molecule has 1 aliphatic rings. The molecule has 5 nitrogen and oxygen atoms in total. The van der Waals surface area contributed by atoms with Gasteiger partial charge < -0.3 is 10.6 Å². The van der Waals surface area contributed by atoms with Gasteiger partial charge in [-0.05, 0) is 11.5 Å². The van der Waals surface area contributed by atoms with E-state index in [-0.39, 0.29) is 11.8 Å². The molecule has 0 aliphatic carbocycles. The predicted octanol–water partition coefficient (Wildman–Crippen LogP) is -0.626. The zero-order chi connectivity index (χ0) is 9.10. The number of amides is 1. The molecule has 2 rings (SSSR count). The van der Waals surface area contributed by atoms with Crippen molar-refractivity contribution in [2.45, 2.75) is 6.54 Å². The molecule has 0 bridgehead atoms. The second-order valence-electron chi connectivity index (χ2n) is 2.96. The Kier molecular flexibility index (Phi) is 2.51. The van der Waals surface area contributed by atoms with Crippen molar-refractivity contribution in [3.63, 3.8) is 0 Å². The topological polar surface area (TPSA) is 66.9 Å². The van der Waals surface area contributed by atoms with E-state index in [4.69, 9.17) is 0 Å². The number of nitrogens with zero attached hydrogens (tertiary/aromatic N) is 2. The molecule has 0 radical (unpaired) electrons. The third kappa shape index (κ3) is 2.02. The number of hydrogen-bond donors (Lipinski definition) is 2. The van der Waals surface area contributed by atoms with Crippen molar-refractivity contribution in [1.29, 1.82) is 0 Å². The largest absolute Gasteiger partial charge is 0.351 e. The number of aromatic nitrogens is 2. The Morgan fingerprint density at radius 3 is 3.15 bits per heavy atom. The van der Waals surface area contributed by atoms with E-state index in [1.54, 1.807) is 6.20 Å². The van der Waals surface area contributed by atoms with E-state index in [0.717, 1.165) is 18.0 Å². The van der Waals surface area contributed by atoms with Gasteiger partial charge in [0.2, 0.25) is 5.91 Å². The van der Waals surface area contributed by atoms with Gasteiger partial charge in [-0.2, -0.15) is 0 Å². The van der Waals surface area contributed by atoms with Gasteiger partial charge in [0.1, 0.15) is 0 Å². The summed E-state index contributed by atoms with van der Waals surface area (Å²) in [5, 5.41) is 9.57. The Balaban J connectivity index is 1.76. The molecular weight excluding hydrogens is 188 g/mol. The average molecular weight is 198 g/mol. The minimum atomic E-state index is 0.118. The second kappa shape index (κ2) is 3.80. The standard InChI is InChI=1S/C7H10N4OS/c12-7(5-1-8-2-5)9-3-6-4-10-11-13-6/h4-5,8H,1-3H2,(H,9,12). The van der Waals surface area contributed by atoms with Crippen LogP contribution in [0.15, 0.2) is 6.20 Å². The first kappa shape index (κ1) is 8.58. The van der Waals surface area contributed by atoms with E-state index < -0.39 is 0 Å². The Morgan fingerprint density at radius 2 is 2.62 bits per heavy atom. The lowest BCUT2D eigenvalue weighted by atomic mass is 10.0. The van der Waals surface area contributed by atoms with Gasteiger partial charge in [-0.1, -0.05) is 4.49 Å². The first-order chi connectivity index (χ1) is 6.36. The SMILES string of the molecule is O=C(NCc1cnns1)C1CNC1. The van der Waals surface area contributed by atoms with Crippen molar-refractivity contribution >= 4 is 17.4 Å². The van der Waals surface area contributed by atoms with Crippen LogP contribution in [0.3, 0.4) is 0 Å². The van der Waals surface area contributed by atoms with E-state index in [1.807, 2.05) is 0 Å². The maximum Gasteiger partial charge on any atom is 0.225 e. The lowest BCUT2D eigenvalue weighted by molar-refractivity contribution is -0.126. The van der Waals surface area contributed by atoms with E-state index in [0.29, 0.717) is 6.54 Å². The summed E-state index contributed by atoms with van der Waals surface area (Å²) in [5.41, 5.74) is 0. The van der Waals surface area contributed by atoms with Gasteiger partial charge in [-0.3, -0.25) is 4.79 Å². The third-order valence-corrected chi connectivity index (χ3v) is 2.66. The zero-order valence-corrected chi connectivity index (χ0v) is 7.80. The molecule has 1 saturated heterocycles. The van der Waals surface area contributed by atoms with Crippen LogP contribution in [-0.4, -0.2) is 28.6 Å². The number of carbonyl (C=O) groups is 1. The monoisotopic (exact) mass is 198 g/mol. The second-order valence-corrected chi connectivity index (χ2v) is 3.83. The summed E-state index contributed by atoms with van der Waals surface area (Å²) in [4.78, 5) is 12.3. The average Bonchev–Trinajstić information content (AvgIpc) is 2.49. The molecule has 1 amide bonds. The van der Waals surface area contributed by atoms with Crippen LogP contribution >= 0.6 is 11.5 Å². The molecule has 0 saturated carbocycles. The van der Waals surface area contributed by atoms with Crippen LogP contribution in [0.5, 0.6) is 0 Å². The molecule has 0 atom stereocenters. The molecule has 0 spiro atoms. The van der Waals surface area contributed by atoms with Crippen LogP contribution < -0.4 is 10.6 Å². The highest BCUT2D eigenvalue weighted by molar-refractivity contribution is 7.05. The van der Waals surface area contributed by atoms with Crippen LogP contribution in [-0.2, 0) is 11.3 Å².